The van der Waals surface area contributed by atoms with E-state index in [0.717, 1.165) is 6.07 Å². The molecular weight excluding hydrogens is 550 g/mol. The molecule has 0 aliphatic rings. The number of nitrogens with one attached hydrogen (secondary N) is 4. The third kappa shape index (κ3) is 7.98. The highest BCUT2D eigenvalue weighted by Crippen LogP contribution is 2.31. The molecule has 1 amide bonds. The lowest BCUT2D eigenvalue weighted by atomic mass is 10.1. The lowest BCUT2D eigenvalue weighted by Crippen LogP contribution is -2.27. The fraction of sp³-hybridized carbons (Fsp3) is 0.231. The maximum Gasteiger partial charge on any atom is 0.294 e. The van der Waals surface area contributed by atoms with E-state index in [-0.39, 0.29) is 23.8 Å². The number of nitrogens with two attached hydrogens (primary N) is 2. The first kappa shape index (κ1) is 29.4. The molecule has 14 nitrogen and oxygen atoms in total. The molecule has 0 aliphatic carbocycles. The summed E-state index contributed by atoms with van der Waals surface area (Å²) in [6.07, 6.45) is 0. The van der Waals surface area contributed by atoms with Gasteiger partial charge in [0.1, 0.15) is 5.75 Å². The standard InChI is InChI=1S/C26H31N9O5S/c1-14(27)12-29-24-33-25(30-13-15(2)28)35-26(34-24)32-18-5-3-4-16(8-18)23(37)31-19-6-7-21-17(9-19)10-20(11-22(21)36)41(38,39)40/h3-11,14-15,36H,12-13,27-28H2,1-2H3,(H,31,37)(H,38,39,40)(H3,29,30,32,33,34,35). The maximum atomic E-state index is 13.0. The Labute approximate surface area is 236 Å². The first-order chi connectivity index (χ1) is 19.4. The minimum atomic E-state index is -4.53. The summed E-state index contributed by atoms with van der Waals surface area (Å²) in [5.74, 6) is 0.0657. The Morgan fingerprint density at radius 2 is 1.51 bits per heavy atom. The summed E-state index contributed by atoms with van der Waals surface area (Å²) in [6.45, 7) is 4.57. The van der Waals surface area contributed by atoms with Gasteiger partial charge >= 0.3 is 0 Å². The van der Waals surface area contributed by atoms with Crippen molar-refractivity contribution < 1.29 is 22.9 Å². The number of aromatic nitrogens is 3. The van der Waals surface area contributed by atoms with Crippen molar-refractivity contribution in [1.29, 1.82) is 0 Å². The van der Waals surface area contributed by atoms with Crippen LogP contribution >= 0.6 is 0 Å². The number of carbonyl (C=O) groups excluding carboxylic acids is 1. The van der Waals surface area contributed by atoms with Crippen LogP contribution in [0.25, 0.3) is 10.8 Å². The highest BCUT2D eigenvalue weighted by molar-refractivity contribution is 7.85. The Morgan fingerprint density at radius 1 is 0.878 bits per heavy atom. The van der Waals surface area contributed by atoms with Gasteiger partial charge in [-0.1, -0.05) is 6.07 Å². The number of phenolic OH excluding ortho intramolecular Hbond substituents is 1. The van der Waals surface area contributed by atoms with Crippen molar-refractivity contribution in [3.63, 3.8) is 0 Å². The second-order valence-corrected chi connectivity index (χ2v) is 11.0. The molecule has 216 valence electrons. The van der Waals surface area contributed by atoms with Crippen LogP contribution in [0.2, 0.25) is 0 Å². The zero-order valence-electron chi connectivity index (χ0n) is 22.3. The summed E-state index contributed by atoms with van der Waals surface area (Å²) in [5, 5.41) is 22.8. The van der Waals surface area contributed by atoms with Crippen molar-refractivity contribution >= 4 is 56.0 Å². The van der Waals surface area contributed by atoms with Crippen LogP contribution < -0.4 is 32.7 Å². The van der Waals surface area contributed by atoms with Crippen LogP contribution in [0.3, 0.4) is 0 Å². The zero-order valence-corrected chi connectivity index (χ0v) is 23.1. The average Bonchev–Trinajstić information content (AvgIpc) is 2.90. The highest BCUT2D eigenvalue weighted by Gasteiger charge is 2.15. The second kappa shape index (κ2) is 12.3. The molecule has 3 aromatic carbocycles. The SMILES string of the molecule is CC(N)CNc1nc(NCC(C)N)nc(Nc2cccc(C(=O)Nc3ccc4c(O)cc(S(=O)(=O)O)cc4c3)c2)n1. The number of aromatic hydroxyl groups is 1. The molecule has 0 bridgehead atoms. The van der Waals surface area contributed by atoms with Crippen LogP contribution in [0, 0.1) is 0 Å². The monoisotopic (exact) mass is 581 g/mol. The molecule has 0 spiro atoms. The minimum Gasteiger partial charge on any atom is -0.507 e. The van der Waals surface area contributed by atoms with E-state index in [4.69, 9.17) is 11.5 Å². The number of fused-ring (bicyclic) bond motifs is 1. The van der Waals surface area contributed by atoms with Gasteiger partial charge in [-0.15, -0.1) is 0 Å². The smallest absolute Gasteiger partial charge is 0.294 e. The van der Waals surface area contributed by atoms with Crippen LogP contribution in [-0.2, 0) is 10.1 Å². The lowest BCUT2D eigenvalue weighted by Gasteiger charge is -2.13. The molecule has 1 aromatic heterocycles. The van der Waals surface area contributed by atoms with Crippen molar-refractivity contribution in [3.05, 3.63) is 60.2 Å². The van der Waals surface area contributed by atoms with Gasteiger partial charge in [0, 0.05) is 53.6 Å². The van der Waals surface area contributed by atoms with Gasteiger partial charge in [0.15, 0.2) is 0 Å². The Balaban J connectivity index is 1.54. The predicted molar refractivity (Wildman–Crippen MR) is 157 cm³/mol. The van der Waals surface area contributed by atoms with E-state index in [9.17, 15) is 22.9 Å². The molecular formula is C26H31N9O5S. The normalized spacial score (nSPS) is 12.9. The second-order valence-electron chi connectivity index (χ2n) is 9.54. The molecule has 4 rings (SSSR count). The summed E-state index contributed by atoms with van der Waals surface area (Å²) in [7, 11) is -4.53. The summed E-state index contributed by atoms with van der Waals surface area (Å²) < 4.78 is 32.4. The number of phenols is 1. The van der Waals surface area contributed by atoms with Gasteiger partial charge in [0.25, 0.3) is 16.0 Å². The van der Waals surface area contributed by atoms with Crippen LogP contribution in [0.15, 0.2) is 59.5 Å². The van der Waals surface area contributed by atoms with Crippen molar-refractivity contribution in [3.8, 4) is 5.75 Å². The molecule has 2 unspecified atom stereocenters. The third-order valence-electron chi connectivity index (χ3n) is 5.64. The van der Waals surface area contributed by atoms with E-state index in [1.54, 1.807) is 30.3 Å². The van der Waals surface area contributed by atoms with Gasteiger partial charge in [0.2, 0.25) is 17.8 Å². The summed E-state index contributed by atoms with van der Waals surface area (Å²) in [5.41, 5.74) is 12.8. The number of amides is 1. The van der Waals surface area contributed by atoms with Gasteiger partial charge in [0.05, 0.1) is 4.90 Å². The molecule has 0 fully saturated rings. The number of nitrogens with zero attached hydrogens (tertiary/aromatic N) is 3. The minimum absolute atomic E-state index is 0.128. The lowest BCUT2D eigenvalue weighted by molar-refractivity contribution is 0.102. The summed E-state index contributed by atoms with van der Waals surface area (Å²) >= 11 is 0. The van der Waals surface area contributed by atoms with Crippen LogP contribution in [0.1, 0.15) is 24.2 Å². The van der Waals surface area contributed by atoms with Crippen molar-refractivity contribution in [2.75, 3.05) is 34.4 Å². The number of rotatable bonds is 11. The van der Waals surface area contributed by atoms with E-state index in [2.05, 4.69) is 36.2 Å². The van der Waals surface area contributed by atoms with Crippen LogP contribution in [0.5, 0.6) is 5.75 Å². The number of carbonyl (C=O) groups is 1. The third-order valence-corrected chi connectivity index (χ3v) is 6.47. The summed E-state index contributed by atoms with van der Waals surface area (Å²) in [6, 6.07) is 13.1. The molecule has 10 N–H and O–H groups in total. The Morgan fingerprint density at radius 3 is 2.12 bits per heavy atom. The van der Waals surface area contributed by atoms with E-state index in [1.807, 2.05) is 13.8 Å². The molecule has 0 radical (unpaired) electrons. The number of hydrogen-bond donors (Lipinski definition) is 8. The molecule has 41 heavy (non-hydrogen) atoms. The molecule has 15 heteroatoms. The Kier molecular flexibility index (Phi) is 8.83. The largest absolute Gasteiger partial charge is 0.507 e. The zero-order chi connectivity index (χ0) is 29.7. The maximum absolute atomic E-state index is 13.0. The van der Waals surface area contributed by atoms with E-state index in [1.165, 1.54) is 18.2 Å². The Bertz CT molecular complexity index is 1650. The highest BCUT2D eigenvalue weighted by atomic mass is 32.2. The quantitative estimate of drug-likeness (QED) is 0.119. The molecule has 2 atom stereocenters. The first-order valence-corrected chi connectivity index (χ1v) is 14.0. The molecule has 4 aromatic rings. The topological polar surface area (TPSA) is 230 Å². The van der Waals surface area contributed by atoms with Gasteiger partial charge < -0.3 is 37.8 Å². The number of hydrogen-bond acceptors (Lipinski definition) is 12. The summed E-state index contributed by atoms with van der Waals surface area (Å²) in [4.78, 5) is 25.7. The van der Waals surface area contributed by atoms with Gasteiger partial charge in [-0.05, 0) is 61.7 Å². The van der Waals surface area contributed by atoms with Crippen LogP contribution in [0.4, 0.5) is 29.2 Å². The fourth-order valence-electron chi connectivity index (χ4n) is 3.71. The van der Waals surface area contributed by atoms with Crippen molar-refractivity contribution in [2.45, 2.75) is 30.8 Å². The first-order valence-electron chi connectivity index (χ1n) is 12.5. The van der Waals surface area contributed by atoms with E-state index < -0.39 is 20.9 Å². The van der Waals surface area contributed by atoms with Crippen molar-refractivity contribution in [1.82, 2.24) is 15.0 Å². The molecule has 0 saturated heterocycles. The molecule has 0 saturated carbocycles. The van der Waals surface area contributed by atoms with Crippen molar-refractivity contribution in [2.24, 2.45) is 11.5 Å². The Hall–Kier alpha value is -4.57. The number of benzene rings is 3. The van der Waals surface area contributed by atoms with Gasteiger partial charge in [-0.25, -0.2) is 0 Å². The molecule has 1 heterocycles. The van der Waals surface area contributed by atoms with Crippen LogP contribution in [-0.4, -0.2) is 64.1 Å². The predicted octanol–water partition coefficient (Wildman–Crippen LogP) is 2.49. The number of anilines is 5. The average molecular weight is 582 g/mol. The van der Waals surface area contributed by atoms with E-state index >= 15 is 0 Å². The fourth-order valence-corrected chi connectivity index (χ4v) is 4.25. The van der Waals surface area contributed by atoms with E-state index in [0.29, 0.717) is 52.7 Å². The van der Waals surface area contributed by atoms with Gasteiger partial charge in [-0.2, -0.15) is 23.4 Å². The molecule has 0 aliphatic heterocycles. The van der Waals surface area contributed by atoms with Gasteiger partial charge in [-0.3, -0.25) is 9.35 Å².